The molecule has 4 rings (SSSR count). The Balaban J connectivity index is 1.54. The molecule has 2 N–H and O–H groups in total. The molecular formula is C28H49N3O8. The molecule has 4 fully saturated rings. The van der Waals surface area contributed by atoms with Crippen LogP contribution >= 0.6 is 0 Å². The van der Waals surface area contributed by atoms with E-state index in [4.69, 9.17) is 24.0 Å². The Kier molecular flexibility index (Phi) is 9.81. The number of piperidine rings is 1. The van der Waals surface area contributed by atoms with E-state index in [0.29, 0.717) is 38.3 Å². The molecule has 1 spiro atoms. The second-order valence-corrected chi connectivity index (χ2v) is 13.5. The van der Waals surface area contributed by atoms with Gasteiger partial charge in [-0.05, 0) is 87.0 Å². The van der Waals surface area contributed by atoms with Gasteiger partial charge >= 0.3 is 12.2 Å². The van der Waals surface area contributed by atoms with Crippen molar-refractivity contribution in [1.82, 2.24) is 15.5 Å². The van der Waals surface area contributed by atoms with Gasteiger partial charge in [0.25, 0.3) is 0 Å². The van der Waals surface area contributed by atoms with Crippen molar-refractivity contribution in [1.29, 1.82) is 0 Å². The molecule has 39 heavy (non-hydrogen) atoms. The van der Waals surface area contributed by atoms with Gasteiger partial charge in [-0.2, -0.15) is 0 Å². The smallest absolute Gasteiger partial charge is 0.410 e. The summed E-state index contributed by atoms with van der Waals surface area (Å²) in [5.41, 5.74) is -1.52. The van der Waals surface area contributed by atoms with Gasteiger partial charge in [0, 0.05) is 44.4 Å². The van der Waals surface area contributed by atoms with Gasteiger partial charge in [-0.1, -0.05) is 0 Å². The number of carbonyl (C=O) groups is 3. The molecule has 1 aliphatic carbocycles. The second kappa shape index (κ2) is 12.2. The minimum absolute atomic E-state index is 0.0770. The third-order valence-electron chi connectivity index (χ3n) is 7.08. The van der Waals surface area contributed by atoms with E-state index >= 15 is 0 Å². The molecule has 3 saturated heterocycles. The molecule has 3 amide bonds. The average Bonchev–Trinajstić information content (AvgIpc) is 2.77. The summed E-state index contributed by atoms with van der Waals surface area (Å²) in [6.45, 7) is 16.0. The first-order valence-corrected chi connectivity index (χ1v) is 14.3. The van der Waals surface area contributed by atoms with Gasteiger partial charge in [-0.15, -0.1) is 0 Å². The molecule has 4 aliphatic rings. The summed E-state index contributed by atoms with van der Waals surface area (Å²) in [4.78, 5) is 50.7. The van der Waals surface area contributed by atoms with Gasteiger partial charge in [-0.25, -0.2) is 19.4 Å². The van der Waals surface area contributed by atoms with Gasteiger partial charge in [0.1, 0.15) is 11.2 Å². The molecule has 11 heteroatoms. The Morgan fingerprint density at radius 1 is 0.923 bits per heavy atom. The molecule has 1 saturated carbocycles. The standard InChI is InChI=1S/C28H49N3O8/c1-19-15-21-17-27(18-21,30-22(32)9-12-29-23(33)36-25(3,4)5)16-20(2)38-39-28(35-19)10-13-31(14-11-28)24(34)37-26(6,7)8/h19-21H,9-18H2,1-8H3,(H,29,33)(H,30,32). The first-order valence-electron chi connectivity index (χ1n) is 14.3. The number of hydrogen-bond donors (Lipinski definition) is 2. The van der Waals surface area contributed by atoms with E-state index in [1.54, 1.807) is 25.7 Å². The largest absolute Gasteiger partial charge is 0.444 e. The van der Waals surface area contributed by atoms with E-state index in [2.05, 4.69) is 10.6 Å². The van der Waals surface area contributed by atoms with Crippen LogP contribution in [0.1, 0.15) is 100 Å². The Morgan fingerprint density at radius 2 is 1.54 bits per heavy atom. The SMILES string of the molecule is CC1CC2(NC(=O)CCNC(=O)OC(C)(C)C)CC(CC(C)OC3(CCN(C(=O)OC(C)(C)C)CC3)OO1)C2. The zero-order valence-corrected chi connectivity index (χ0v) is 25.0. The lowest BCUT2D eigenvalue weighted by Gasteiger charge is -2.49. The zero-order valence-electron chi connectivity index (χ0n) is 25.0. The highest BCUT2D eigenvalue weighted by Crippen LogP contribution is 2.46. The fourth-order valence-corrected chi connectivity index (χ4v) is 5.70. The first-order chi connectivity index (χ1) is 18.0. The Bertz CT molecular complexity index is 867. The molecule has 224 valence electrons. The van der Waals surface area contributed by atoms with Crippen LogP contribution in [0.2, 0.25) is 0 Å². The second-order valence-electron chi connectivity index (χ2n) is 13.5. The number of alkyl carbamates (subject to hydrolysis) is 1. The lowest BCUT2D eigenvalue weighted by atomic mass is 9.64. The molecular weight excluding hydrogens is 506 g/mol. The minimum Gasteiger partial charge on any atom is -0.444 e. The molecule has 2 unspecified atom stereocenters. The fourth-order valence-electron chi connectivity index (χ4n) is 5.70. The van der Waals surface area contributed by atoms with E-state index in [-0.39, 0.29) is 42.7 Å². The summed E-state index contributed by atoms with van der Waals surface area (Å²) in [6.07, 6.45) is 2.97. The predicted octanol–water partition coefficient (Wildman–Crippen LogP) is 4.43. The quantitative estimate of drug-likeness (QED) is 0.488. The Hall–Kier alpha value is -2.11. The van der Waals surface area contributed by atoms with Crippen LogP contribution in [0.25, 0.3) is 0 Å². The van der Waals surface area contributed by atoms with Gasteiger partial charge in [-0.3, -0.25) is 4.79 Å². The van der Waals surface area contributed by atoms with E-state index in [0.717, 1.165) is 19.3 Å². The number of nitrogens with zero attached hydrogens (tertiary/aromatic N) is 1. The number of amides is 3. The monoisotopic (exact) mass is 555 g/mol. The first kappa shape index (κ1) is 31.4. The summed E-state index contributed by atoms with van der Waals surface area (Å²) >= 11 is 0. The van der Waals surface area contributed by atoms with Crippen molar-refractivity contribution in [3.63, 3.8) is 0 Å². The fraction of sp³-hybridized carbons (Fsp3) is 0.893. The van der Waals surface area contributed by atoms with Crippen molar-refractivity contribution in [3.8, 4) is 0 Å². The number of carbonyl (C=O) groups excluding carboxylic acids is 3. The number of rotatable bonds is 4. The van der Waals surface area contributed by atoms with Crippen LogP contribution in [0.5, 0.6) is 0 Å². The van der Waals surface area contributed by atoms with Crippen LogP contribution in [0.4, 0.5) is 9.59 Å². The number of hydrogen-bond acceptors (Lipinski definition) is 8. The lowest BCUT2D eigenvalue weighted by molar-refractivity contribution is -0.456. The summed E-state index contributed by atoms with van der Waals surface area (Å²) < 4.78 is 17.2. The maximum atomic E-state index is 12.8. The van der Waals surface area contributed by atoms with E-state index in [1.807, 2.05) is 34.6 Å². The Labute approximate surface area is 232 Å². The minimum atomic E-state index is -0.940. The number of fused-ring (bicyclic) bond motifs is 5. The topological polar surface area (TPSA) is 125 Å². The maximum absolute atomic E-state index is 12.8. The lowest BCUT2D eigenvalue weighted by Crippen LogP contribution is -2.59. The van der Waals surface area contributed by atoms with Gasteiger partial charge < -0.3 is 29.7 Å². The molecule has 11 nitrogen and oxygen atoms in total. The highest BCUT2D eigenvalue weighted by Gasteiger charge is 2.49. The number of nitrogens with one attached hydrogen (secondary N) is 2. The number of likely N-dealkylation sites (tertiary alicyclic amines) is 1. The van der Waals surface area contributed by atoms with Crippen LogP contribution in [0.3, 0.4) is 0 Å². The normalized spacial score (nSPS) is 29.4. The summed E-state index contributed by atoms with van der Waals surface area (Å²) in [6, 6.07) is 0. The van der Waals surface area contributed by atoms with Gasteiger partial charge in [0.15, 0.2) is 0 Å². The van der Waals surface area contributed by atoms with Crippen molar-refractivity contribution < 1.29 is 38.4 Å². The van der Waals surface area contributed by atoms with Gasteiger partial charge in [0.2, 0.25) is 11.7 Å². The average molecular weight is 556 g/mol. The van der Waals surface area contributed by atoms with Crippen molar-refractivity contribution in [2.24, 2.45) is 5.92 Å². The predicted molar refractivity (Wildman–Crippen MR) is 144 cm³/mol. The van der Waals surface area contributed by atoms with Crippen LogP contribution in [-0.4, -0.2) is 77.4 Å². The molecule has 0 aromatic carbocycles. The molecule has 3 aliphatic heterocycles. The van der Waals surface area contributed by atoms with Crippen molar-refractivity contribution in [2.75, 3.05) is 19.6 Å². The third-order valence-corrected chi connectivity index (χ3v) is 7.08. The van der Waals surface area contributed by atoms with E-state index in [9.17, 15) is 14.4 Å². The van der Waals surface area contributed by atoms with E-state index in [1.165, 1.54) is 0 Å². The summed E-state index contributed by atoms with van der Waals surface area (Å²) in [5, 5.41) is 5.84. The Morgan fingerprint density at radius 3 is 2.13 bits per heavy atom. The summed E-state index contributed by atoms with van der Waals surface area (Å²) in [5.74, 6) is -0.655. The zero-order chi connectivity index (χ0) is 29.1. The van der Waals surface area contributed by atoms with Crippen LogP contribution in [-0.2, 0) is 28.8 Å². The molecule has 2 atom stereocenters. The highest BCUT2D eigenvalue weighted by atomic mass is 17.2. The number of ether oxygens (including phenoxy) is 3. The van der Waals surface area contributed by atoms with Crippen molar-refractivity contribution >= 4 is 18.1 Å². The maximum Gasteiger partial charge on any atom is 0.410 e. The van der Waals surface area contributed by atoms with Crippen LogP contribution < -0.4 is 10.6 Å². The van der Waals surface area contributed by atoms with Crippen LogP contribution in [0, 0.1) is 5.92 Å². The molecule has 0 aromatic heterocycles. The summed E-state index contributed by atoms with van der Waals surface area (Å²) in [7, 11) is 0. The van der Waals surface area contributed by atoms with Crippen molar-refractivity contribution in [3.05, 3.63) is 0 Å². The molecule has 0 aromatic rings. The highest BCUT2D eigenvalue weighted by molar-refractivity contribution is 5.78. The van der Waals surface area contributed by atoms with E-state index < -0.39 is 23.1 Å². The van der Waals surface area contributed by atoms with Crippen LogP contribution in [0.15, 0.2) is 0 Å². The molecule has 3 heterocycles. The molecule has 2 bridgehead atoms. The van der Waals surface area contributed by atoms with Gasteiger partial charge in [0.05, 0.1) is 12.2 Å². The third kappa shape index (κ3) is 9.79. The van der Waals surface area contributed by atoms with Crippen molar-refractivity contribution in [2.45, 2.75) is 135 Å². The molecule has 0 radical (unpaired) electrons.